The predicted octanol–water partition coefficient (Wildman–Crippen LogP) is 2.46. The van der Waals surface area contributed by atoms with Crippen molar-refractivity contribution in [3.8, 4) is 11.3 Å². The van der Waals surface area contributed by atoms with Gasteiger partial charge in [0.15, 0.2) is 0 Å². The average Bonchev–Trinajstić information content (AvgIpc) is 3.43. The van der Waals surface area contributed by atoms with E-state index in [1.54, 1.807) is 18.6 Å². The first-order valence-corrected chi connectivity index (χ1v) is 14.7. The monoisotopic (exact) mass is 575 g/mol. The van der Waals surface area contributed by atoms with Gasteiger partial charge < -0.3 is 24.5 Å². The maximum Gasteiger partial charge on any atom is 0.274 e. The van der Waals surface area contributed by atoms with E-state index in [1.165, 1.54) is 0 Å². The minimum Gasteiger partial charge on any atom is -0.760 e. The lowest BCUT2D eigenvalue weighted by molar-refractivity contribution is 0.102. The molecule has 2 aliphatic rings. The van der Waals surface area contributed by atoms with Crippen LogP contribution in [0.5, 0.6) is 0 Å². The number of aromatic nitrogens is 4. The average molecular weight is 576 g/mol. The van der Waals surface area contributed by atoms with E-state index >= 15 is 0 Å². The lowest BCUT2D eigenvalue weighted by atomic mass is 10.1. The number of pyridine rings is 1. The van der Waals surface area contributed by atoms with Crippen molar-refractivity contribution >= 4 is 39.7 Å². The van der Waals surface area contributed by atoms with Crippen LogP contribution in [0.1, 0.15) is 28.9 Å². The first-order valence-electron chi connectivity index (χ1n) is 13.6. The van der Waals surface area contributed by atoms with Gasteiger partial charge in [-0.1, -0.05) is 12.1 Å². The lowest BCUT2D eigenvalue weighted by Crippen LogP contribution is -2.45. The maximum absolute atomic E-state index is 13.0. The van der Waals surface area contributed by atoms with Crippen molar-refractivity contribution in [2.45, 2.75) is 25.4 Å². The lowest BCUT2D eigenvalue weighted by Gasteiger charge is -2.33. The van der Waals surface area contributed by atoms with Crippen LogP contribution in [0.4, 0.5) is 11.5 Å². The van der Waals surface area contributed by atoms with Crippen molar-refractivity contribution in [3.63, 3.8) is 0 Å². The number of carbonyl (C=O) groups excluding carboxylic acids is 1. The third-order valence-electron chi connectivity index (χ3n) is 7.40. The number of carbonyl (C=O) groups is 1. The van der Waals surface area contributed by atoms with Gasteiger partial charge in [0.1, 0.15) is 23.5 Å². The molecule has 2 fully saturated rings. The molecule has 3 N–H and O–H groups in total. The number of benzene rings is 1. The van der Waals surface area contributed by atoms with Crippen LogP contribution >= 0.6 is 0 Å². The minimum atomic E-state index is -2.27. The Morgan fingerprint density at radius 1 is 1.10 bits per heavy atom. The molecule has 12 nitrogen and oxygen atoms in total. The van der Waals surface area contributed by atoms with Gasteiger partial charge in [-0.2, -0.15) is 0 Å². The molecule has 2 aliphatic heterocycles. The number of nitrogens with one attached hydrogen (secondary N) is 3. The summed E-state index contributed by atoms with van der Waals surface area (Å²) >= 11 is -2.27. The molecule has 2 atom stereocenters. The Kier molecular flexibility index (Phi) is 8.30. The number of morpholine rings is 1. The normalized spacial score (nSPS) is 18.9. The quantitative estimate of drug-likeness (QED) is 0.269. The topological polar surface area (TPSA) is 151 Å². The molecule has 0 radical (unpaired) electrons. The van der Waals surface area contributed by atoms with E-state index in [0.717, 1.165) is 66.1 Å². The molecule has 214 valence electrons. The second kappa shape index (κ2) is 12.4. The highest BCUT2D eigenvalue weighted by molar-refractivity contribution is 7.77. The number of rotatable bonds is 8. The number of anilines is 2. The van der Waals surface area contributed by atoms with Crippen LogP contribution in [0, 0.1) is 0 Å². The smallest absolute Gasteiger partial charge is 0.274 e. The van der Waals surface area contributed by atoms with Crippen LogP contribution < -0.4 is 14.9 Å². The van der Waals surface area contributed by atoms with Crippen molar-refractivity contribution in [1.29, 1.82) is 0 Å². The summed E-state index contributed by atoms with van der Waals surface area (Å²) in [6, 6.07) is 13.2. The second-order valence-electron chi connectivity index (χ2n) is 10.2. The number of aromatic amines is 1. The zero-order valence-corrected chi connectivity index (χ0v) is 23.2. The molecule has 1 unspecified atom stereocenters. The molecule has 6 rings (SSSR count). The van der Waals surface area contributed by atoms with Gasteiger partial charge in [0, 0.05) is 61.1 Å². The Morgan fingerprint density at radius 3 is 2.73 bits per heavy atom. The van der Waals surface area contributed by atoms with Crippen LogP contribution in [0.3, 0.4) is 0 Å². The maximum atomic E-state index is 13.0. The molecular formula is C28H31N8O4S-. The summed E-state index contributed by atoms with van der Waals surface area (Å²) < 4.78 is 30.1. The van der Waals surface area contributed by atoms with Crippen molar-refractivity contribution < 1.29 is 18.3 Å². The number of ether oxygens (including phenoxy) is 1. The first-order chi connectivity index (χ1) is 20.0. The molecule has 41 heavy (non-hydrogen) atoms. The van der Waals surface area contributed by atoms with Crippen molar-refractivity contribution in [3.05, 3.63) is 66.2 Å². The molecule has 3 aromatic heterocycles. The SMILES string of the molecule is O=C(Nc1ccc(-c2cc3c(N4CCOCC4)ncnc3[nH]2)cc1)c1cc(CN2CCC[C@@H](NS(=O)[O-])C2)ccn1. The number of nitrogens with zero attached hydrogens (tertiary/aromatic N) is 5. The van der Waals surface area contributed by atoms with E-state index in [-0.39, 0.29) is 11.9 Å². The molecule has 5 heterocycles. The molecule has 1 amide bonds. The molecule has 13 heteroatoms. The summed E-state index contributed by atoms with van der Waals surface area (Å²) in [4.78, 5) is 34.0. The van der Waals surface area contributed by atoms with E-state index in [1.807, 2.05) is 30.3 Å². The molecule has 0 spiro atoms. The van der Waals surface area contributed by atoms with E-state index in [0.29, 0.717) is 37.7 Å². The Morgan fingerprint density at radius 2 is 1.93 bits per heavy atom. The fraction of sp³-hybridized carbons (Fsp3) is 0.357. The highest BCUT2D eigenvalue weighted by atomic mass is 32.2. The van der Waals surface area contributed by atoms with Gasteiger partial charge in [-0.3, -0.25) is 18.9 Å². The predicted molar refractivity (Wildman–Crippen MR) is 155 cm³/mol. The van der Waals surface area contributed by atoms with Crippen LogP contribution in [0.25, 0.3) is 22.3 Å². The van der Waals surface area contributed by atoms with E-state index in [9.17, 15) is 13.6 Å². The molecule has 4 aromatic rings. The summed E-state index contributed by atoms with van der Waals surface area (Å²) in [5.41, 5.74) is 4.58. The number of H-pyrrole nitrogens is 1. The van der Waals surface area contributed by atoms with Gasteiger partial charge in [-0.15, -0.1) is 0 Å². The van der Waals surface area contributed by atoms with Gasteiger partial charge in [0.2, 0.25) is 0 Å². The van der Waals surface area contributed by atoms with Gasteiger partial charge in [-0.25, -0.2) is 14.7 Å². The van der Waals surface area contributed by atoms with E-state index in [2.05, 4.69) is 45.8 Å². The van der Waals surface area contributed by atoms with Gasteiger partial charge >= 0.3 is 0 Å². The molecule has 0 aliphatic carbocycles. The zero-order valence-electron chi connectivity index (χ0n) is 22.4. The van der Waals surface area contributed by atoms with Crippen LogP contribution in [0.2, 0.25) is 0 Å². The summed E-state index contributed by atoms with van der Waals surface area (Å²) in [7, 11) is 0. The number of likely N-dealkylation sites (tertiary alicyclic amines) is 1. The third-order valence-corrected chi connectivity index (χ3v) is 7.93. The Bertz CT molecular complexity index is 1540. The summed E-state index contributed by atoms with van der Waals surface area (Å²) in [6.45, 7) is 5.06. The Labute approximate surface area is 240 Å². The summed E-state index contributed by atoms with van der Waals surface area (Å²) in [5.74, 6) is 0.602. The number of piperidine rings is 1. The van der Waals surface area contributed by atoms with Gasteiger partial charge in [0.05, 0.1) is 18.6 Å². The number of hydrogen-bond acceptors (Lipinski definition) is 9. The summed E-state index contributed by atoms with van der Waals surface area (Å²) in [6.07, 6.45) is 4.93. The highest BCUT2D eigenvalue weighted by Gasteiger charge is 2.21. The minimum absolute atomic E-state index is 0.0984. The van der Waals surface area contributed by atoms with Crippen molar-refractivity contribution in [2.75, 3.05) is 49.6 Å². The second-order valence-corrected chi connectivity index (χ2v) is 11.0. The molecular weight excluding hydrogens is 544 g/mol. The number of amides is 1. The third kappa shape index (κ3) is 6.60. The van der Waals surface area contributed by atoms with E-state index in [4.69, 9.17) is 4.74 Å². The Hall–Kier alpha value is -3.75. The van der Waals surface area contributed by atoms with Gasteiger partial charge in [0.25, 0.3) is 5.91 Å². The largest absolute Gasteiger partial charge is 0.760 e. The fourth-order valence-corrected chi connectivity index (χ4v) is 5.89. The van der Waals surface area contributed by atoms with E-state index < -0.39 is 11.3 Å². The number of fused-ring (bicyclic) bond motifs is 1. The molecule has 0 saturated carbocycles. The Balaban J connectivity index is 1.11. The molecule has 1 aromatic carbocycles. The fourth-order valence-electron chi connectivity index (χ4n) is 5.42. The number of hydrogen-bond donors (Lipinski definition) is 3. The van der Waals surface area contributed by atoms with Crippen molar-refractivity contribution in [2.24, 2.45) is 0 Å². The molecule has 0 bridgehead atoms. The van der Waals surface area contributed by atoms with Crippen LogP contribution in [0.15, 0.2) is 55.0 Å². The van der Waals surface area contributed by atoms with Gasteiger partial charge in [-0.05, 0) is 60.8 Å². The highest BCUT2D eigenvalue weighted by Crippen LogP contribution is 2.29. The first kappa shape index (κ1) is 27.4. The zero-order chi connectivity index (χ0) is 28.2. The molecule has 2 saturated heterocycles. The van der Waals surface area contributed by atoms with Crippen LogP contribution in [-0.2, 0) is 22.5 Å². The standard InChI is InChI=1S/C28H32N8O4S/c37-28(25-14-19(7-8-29-25)16-35-9-1-2-22(17-35)34-41(38)39)32-21-5-3-20(4-6-21)24-15-23-26(33-24)30-18-31-27(23)36-10-12-40-13-11-36/h3-8,14-15,18,22,34H,1-2,9-13,16-17H2,(H,32,37)(H,38,39)(H,30,31,33)/p-1/t22-/m1/s1. The van der Waals surface area contributed by atoms with Crippen molar-refractivity contribution in [1.82, 2.24) is 29.6 Å². The van der Waals surface area contributed by atoms with Crippen LogP contribution in [-0.4, -0.2) is 84.9 Å². The summed E-state index contributed by atoms with van der Waals surface area (Å²) in [5, 5.41) is 3.89.